The van der Waals surface area contributed by atoms with Gasteiger partial charge in [-0.3, -0.25) is 0 Å². The molecule has 0 spiro atoms. The number of aryl methyl sites for hydroxylation is 1. The maximum absolute atomic E-state index is 5.66. The fraction of sp³-hybridized carbons (Fsp3) is 0.545. The molecule has 0 bridgehead atoms. The SMILES string of the molecule is Cc1cc(OC(C)C(C)C)ncc1N. The summed E-state index contributed by atoms with van der Waals surface area (Å²) in [6.07, 6.45) is 1.81. The van der Waals surface area contributed by atoms with E-state index < -0.39 is 0 Å². The van der Waals surface area contributed by atoms with Gasteiger partial charge in [-0.15, -0.1) is 0 Å². The van der Waals surface area contributed by atoms with Crippen LogP contribution in [0.1, 0.15) is 26.3 Å². The van der Waals surface area contributed by atoms with E-state index in [0.29, 0.717) is 17.5 Å². The van der Waals surface area contributed by atoms with Crippen molar-refractivity contribution in [2.75, 3.05) is 5.73 Å². The molecule has 0 radical (unpaired) electrons. The van der Waals surface area contributed by atoms with E-state index in [1.165, 1.54) is 0 Å². The quantitative estimate of drug-likeness (QED) is 0.803. The lowest BCUT2D eigenvalue weighted by molar-refractivity contribution is 0.163. The van der Waals surface area contributed by atoms with Crippen LogP contribution in [0.5, 0.6) is 5.88 Å². The van der Waals surface area contributed by atoms with E-state index in [1.807, 2.05) is 19.9 Å². The van der Waals surface area contributed by atoms with Crippen LogP contribution in [-0.4, -0.2) is 11.1 Å². The van der Waals surface area contributed by atoms with Gasteiger partial charge in [0.15, 0.2) is 0 Å². The van der Waals surface area contributed by atoms with Gasteiger partial charge in [0.05, 0.1) is 18.0 Å². The maximum atomic E-state index is 5.66. The summed E-state index contributed by atoms with van der Waals surface area (Å²) in [4.78, 5) is 4.11. The Balaban J connectivity index is 2.73. The smallest absolute Gasteiger partial charge is 0.213 e. The van der Waals surface area contributed by atoms with Crippen LogP contribution in [0.15, 0.2) is 12.3 Å². The molecule has 0 aromatic carbocycles. The molecule has 1 aromatic heterocycles. The molecule has 0 aliphatic rings. The summed E-state index contributed by atoms with van der Waals surface area (Å²) < 4.78 is 5.64. The molecule has 0 fully saturated rings. The van der Waals surface area contributed by atoms with Crippen LogP contribution in [0.25, 0.3) is 0 Å². The summed E-state index contributed by atoms with van der Waals surface area (Å²) in [5.74, 6) is 1.13. The first kappa shape index (κ1) is 10.8. The fourth-order valence-electron chi connectivity index (χ4n) is 0.932. The molecule has 0 saturated carbocycles. The number of anilines is 1. The Kier molecular flexibility index (Phi) is 3.33. The molecular weight excluding hydrogens is 176 g/mol. The largest absolute Gasteiger partial charge is 0.474 e. The molecule has 2 N–H and O–H groups in total. The highest BCUT2D eigenvalue weighted by atomic mass is 16.5. The number of hydrogen-bond donors (Lipinski definition) is 1. The molecule has 78 valence electrons. The van der Waals surface area contributed by atoms with Crippen LogP contribution in [0.3, 0.4) is 0 Å². The molecule has 0 aliphatic heterocycles. The zero-order valence-electron chi connectivity index (χ0n) is 9.24. The second-order valence-electron chi connectivity index (χ2n) is 3.95. The van der Waals surface area contributed by atoms with Crippen molar-refractivity contribution in [3.8, 4) is 5.88 Å². The Morgan fingerprint density at radius 1 is 1.36 bits per heavy atom. The summed E-state index contributed by atoms with van der Waals surface area (Å²) in [5.41, 5.74) is 7.37. The number of ether oxygens (including phenoxy) is 1. The second-order valence-corrected chi connectivity index (χ2v) is 3.95. The van der Waals surface area contributed by atoms with Crippen LogP contribution < -0.4 is 10.5 Å². The molecule has 1 unspecified atom stereocenters. The van der Waals surface area contributed by atoms with Crippen molar-refractivity contribution < 1.29 is 4.74 Å². The Bertz CT molecular complexity index is 310. The third-order valence-corrected chi connectivity index (χ3v) is 2.37. The molecule has 1 atom stereocenters. The Morgan fingerprint density at radius 3 is 2.50 bits per heavy atom. The normalized spacial score (nSPS) is 12.9. The van der Waals surface area contributed by atoms with E-state index in [2.05, 4.69) is 18.8 Å². The first-order valence-corrected chi connectivity index (χ1v) is 4.89. The van der Waals surface area contributed by atoms with Gasteiger partial charge in [-0.2, -0.15) is 0 Å². The molecule has 3 nitrogen and oxygen atoms in total. The lowest BCUT2D eigenvalue weighted by Gasteiger charge is -2.17. The molecule has 0 amide bonds. The van der Waals surface area contributed by atoms with Gasteiger partial charge in [-0.1, -0.05) is 13.8 Å². The zero-order valence-corrected chi connectivity index (χ0v) is 9.24. The number of rotatable bonds is 3. The minimum Gasteiger partial charge on any atom is -0.474 e. The average Bonchev–Trinajstić information content (AvgIpc) is 2.11. The summed E-state index contributed by atoms with van der Waals surface area (Å²) in [7, 11) is 0. The van der Waals surface area contributed by atoms with Gasteiger partial charge >= 0.3 is 0 Å². The number of hydrogen-bond acceptors (Lipinski definition) is 3. The van der Waals surface area contributed by atoms with Crippen molar-refractivity contribution in [2.45, 2.75) is 33.8 Å². The monoisotopic (exact) mass is 194 g/mol. The van der Waals surface area contributed by atoms with Crippen LogP contribution in [-0.2, 0) is 0 Å². The van der Waals surface area contributed by atoms with Crippen LogP contribution >= 0.6 is 0 Å². The molecule has 1 rings (SSSR count). The average molecular weight is 194 g/mol. The van der Waals surface area contributed by atoms with E-state index >= 15 is 0 Å². The number of nitrogens with two attached hydrogens (primary N) is 1. The van der Waals surface area contributed by atoms with Gasteiger partial charge in [0.1, 0.15) is 0 Å². The highest BCUT2D eigenvalue weighted by Gasteiger charge is 2.09. The van der Waals surface area contributed by atoms with E-state index in [-0.39, 0.29) is 6.10 Å². The van der Waals surface area contributed by atoms with Gasteiger partial charge in [-0.25, -0.2) is 4.98 Å². The Morgan fingerprint density at radius 2 is 2.00 bits per heavy atom. The molecular formula is C11H18N2O. The Hall–Kier alpha value is -1.25. The fourth-order valence-corrected chi connectivity index (χ4v) is 0.932. The molecule has 1 aromatic rings. The number of pyridine rings is 1. The van der Waals surface area contributed by atoms with Gasteiger partial charge in [-0.05, 0) is 25.3 Å². The minimum absolute atomic E-state index is 0.172. The summed E-state index contributed by atoms with van der Waals surface area (Å²) >= 11 is 0. The number of nitrogen functional groups attached to an aromatic ring is 1. The lowest BCUT2D eigenvalue weighted by Crippen LogP contribution is -2.19. The van der Waals surface area contributed by atoms with Crippen molar-refractivity contribution in [3.63, 3.8) is 0 Å². The molecule has 14 heavy (non-hydrogen) atoms. The van der Waals surface area contributed by atoms with Crippen molar-refractivity contribution in [1.82, 2.24) is 4.98 Å². The lowest BCUT2D eigenvalue weighted by atomic mass is 10.1. The predicted molar refractivity (Wildman–Crippen MR) is 58.3 cm³/mol. The van der Waals surface area contributed by atoms with Gasteiger partial charge in [0.25, 0.3) is 0 Å². The van der Waals surface area contributed by atoms with E-state index in [1.54, 1.807) is 6.20 Å². The highest BCUT2D eigenvalue weighted by Crippen LogP contribution is 2.17. The zero-order chi connectivity index (χ0) is 10.7. The topological polar surface area (TPSA) is 48.1 Å². The standard InChI is InChI=1S/C11H18N2O/c1-7(2)9(4)14-11-5-8(3)10(12)6-13-11/h5-7,9H,12H2,1-4H3. The van der Waals surface area contributed by atoms with Crippen molar-refractivity contribution in [2.24, 2.45) is 5.92 Å². The molecule has 1 heterocycles. The van der Waals surface area contributed by atoms with E-state index in [9.17, 15) is 0 Å². The van der Waals surface area contributed by atoms with Crippen LogP contribution in [0.2, 0.25) is 0 Å². The van der Waals surface area contributed by atoms with Gasteiger partial charge < -0.3 is 10.5 Å². The maximum Gasteiger partial charge on any atom is 0.213 e. The molecule has 0 saturated heterocycles. The number of aromatic nitrogens is 1. The van der Waals surface area contributed by atoms with Crippen LogP contribution in [0.4, 0.5) is 5.69 Å². The van der Waals surface area contributed by atoms with Crippen molar-refractivity contribution in [1.29, 1.82) is 0 Å². The molecule has 3 heteroatoms. The molecule has 0 aliphatic carbocycles. The van der Waals surface area contributed by atoms with Crippen LogP contribution in [0, 0.1) is 12.8 Å². The summed E-state index contributed by atoms with van der Waals surface area (Å²) in [6.45, 7) is 8.23. The summed E-state index contributed by atoms with van der Waals surface area (Å²) in [5, 5.41) is 0. The van der Waals surface area contributed by atoms with Crippen molar-refractivity contribution in [3.05, 3.63) is 17.8 Å². The highest BCUT2D eigenvalue weighted by molar-refractivity contribution is 5.45. The predicted octanol–water partition coefficient (Wildman–Crippen LogP) is 2.40. The van der Waals surface area contributed by atoms with Gasteiger partial charge in [0, 0.05) is 6.07 Å². The van der Waals surface area contributed by atoms with E-state index in [4.69, 9.17) is 10.5 Å². The summed E-state index contributed by atoms with van der Waals surface area (Å²) in [6, 6.07) is 1.87. The first-order valence-electron chi connectivity index (χ1n) is 4.89. The van der Waals surface area contributed by atoms with Gasteiger partial charge in [0.2, 0.25) is 5.88 Å². The third-order valence-electron chi connectivity index (χ3n) is 2.37. The van der Waals surface area contributed by atoms with E-state index in [0.717, 1.165) is 5.56 Å². The Labute approximate surface area is 85.3 Å². The first-order chi connectivity index (χ1) is 6.50. The minimum atomic E-state index is 0.172. The third kappa shape index (κ3) is 2.62. The second kappa shape index (κ2) is 4.31. The van der Waals surface area contributed by atoms with Crippen molar-refractivity contribution >= 4 is 5.69 Å². The number of nitrogens with zero attached hydrogens (tertiary/aromatic N) is 1.